The lowest BCUT2D eigenvalue weighted by molar-refractivity contribution is -0.143. The number of fused-ring (bicyclic) bond motifs is 1. The van der Waals surface area contributed by atoms with E-state index in [0.717, 1.165) is 66.8 Å². The number of hydrogen-bond donors (Lipinski definition) is 4. The van der Waals surface area contributed by atoms with E-state index >= 15 is 0 Å². The second kappa shape index (κ2) is 28.6. The number of hydrogen-bond acceptors (Lipinski definition) is 13. The van der Waals surface area contributed by atoms with Crippen LogP contribution in [0.25, 0.3) is 21.5 Å². The minimum Gasteiger partial charge on any atom is -0.493 e. The first-order valence-electron chi connectivity index (χ1n) is 28.3. The highest BCUT2D eigenvalue weighted by Crippen LogP contribution is 2.38. The minimum atomic E-state index is -4.33. The van der Waals surface area contributed by atoms with E-state index in [4.69, 9.17) is 14.2 Å². The SMILES string of the molecule is CCCOc1cc(OCCCCN(C)C)cc(Oc2cc3c(cc2NS(=O)(=O)c2cccc(C(=O)NCCCCCCCC(=O)NC(C(=O)N4CCC[C@H]4C(=O)NCc4ccc(-c5scnc5C)cc4)C(C)(C)C)c2)n(C)c(=O)n3C)c1. The van der Waals surface area contributed by atoms with Gasteiger partial charge >= 0.3 is 5.69 Å². The summed E-state index contributed by atoms with van der Waals surface area (Å²) in [6, 6.07) is 20.7. The first kappa shape index (κ1) is 62.4. The second-order valence-electron chi connectivity index (χ2n) is 22.3. The predicted octanol–water partition coefficient (Wildman–Crippen LogP) is 9.32. The second-order valence-corrected chi connectivity index (χ2v) is 24.9. The largest absolute Gasteiger partial charge is 0.493 e. The Labute approximate surface area is 486 Å². The van der Waals surface area contributed by atoms with Gasteiger partial charge in [0.1, 0.15) is 29.3 Å². The van der Waals surface area contributed by atoms with Crippen molar-refractivity contribution < 1.29 is 41.8 Å². The molecule has 1 aliphatic rings. The number of aromatic nitrogens is 3. The molecule has 2 aromatic heterocycles. The van der Waals surface area contributed by atoms with Gasteiger partial charge in [0.2, 0.25) is 17.7 Å². The number of nitrogens with one attached hydrogen (secondary N) is 4. The molecular weight excluding hydrogens is 1080 g/mol. The number of rotatable bonds is 29. The lowest BCUT2D eigenvalue weighted by Gasteiger charge is -2.35. The molecule has 6 aromatic rings. The molecule has 4 aromatic carbocycles. The average molecular weight is 1160 g/mol. The van der Waals surface area contributed by atoms with Gasteiger partial charge in [0.05, 0.1) is 50.9 Å². The van der Waals surface area contributed by atoms with Gasteiger partial charge in [0, 0.05) is 70.0 Å². The third-order valence-electron chi connectivity index (χ3n) is 14.4. The van der Waals surface area contributed by atoms with E-state index in [1.165, 1.54) is 27.3 Å². The first-order chi connectivity index (χ1) is 39.1. The van der Waals surface area contributed by atoms with Gasteiger partial charge in [0.15, 0.2) is 5.75 Å². The minimum absolute atomic E-state index is 0.0607. The van der Waals surface area contributed by atoms with Gasteiger partial charge in [-0.15, -0.1) is 11.3 Å². The van der Waals surface area contributed by atoms with Crippen LogP contribution in [0, 0.1) is 12.3 Å². The Morgan fingerprint density at radius 2 is 1.51 bits per heavy atom. The molecule has 3 heterocycles. The Kier molecular flexibility index (Phi) is 21.8. The number of likely N-dealkylation sites (tertiary alicyclic amines) is 1. The van der Waals surface area contributed by atoms with Gasteiger partial charge in [-0.25, -0.2) is 18.2 Å². The molecule has 21 heteroatoms. The van der Waals surface area contributed by atoms with E-state index in [0.29, 0.717) is 86.8 Å². The van der Waals surface area contributed by atoms with Crippen LogP contribution in [0.4, 0.5) is 5.69 Å². The maximum absolute atomic E-state index is 14.2. The zero-order valence-electron chi connectivity index (χ0n) is 48.9. The van der Waals surface area contributed by atoms with Crippen molar-refractivity contribution in [3.63, 3.8) is 0 Å². The number of ether oxygens (including phenoxy) is 3. The zero-order chi connectivity index (χ0) is 59.1. The van der Waals surface area contributed by atoms with Crippen LogP contribution in [0.1, 0.15) is 120 Å². The highest BCUT2D eigenvalue weighted by Gasteiger charge is 2.42. The molecular formula is C61H81N9O10S2. The predicted molar refractivity (Wildman–Crippen MR) is 321 cm³/mol. The van der Waals surface area contributed by atoms with E-state index in [2.05, 4.69) is 30.6 Å². The number of anilines is 1. The lowest BCUT2D eigenvalue weighted by Crippen LogP contribution is -2.57. The fraction of sp³-hybridized carbons (Fsp3) is 0.475. The topological polar surface area (TPSA) is 225 Å². The third kappa shape index (κ3) is 16.7. The summed E-state index contributed by atoms with van der Waals surface area (Å²) in [4.78, 5) is 76.4. The fourth-order valence-electron chi connectivity index (χ4n) is 9.79. The van der Waals surface area contributed by atoms with E-state index in [9.17, 15) is 32.4 Å². The molecule has 1 aliphatic heterocycles. The molecule has 4 amide bonds. The Morgan fingerprint density at radius 1 is 0.829 bits per heavy atom. The molecule has 4 N–H and O–H groups in total. The maximum atomic E-state index is 14.2. The molecule has 19 nitrogen and oxygen atoms in total. The quantitative estimate of drug-likeness (QED) is 0.0323. The molecule has 0 spiro atoms. The molecule has 7 rings (SSSR count). The fourth-order valence-corrected chi connectivity index (χ4v) is 11.7. The van der Waals surface area contributed by atoms with E-state index in [1.807, 2.05) is 78.5 Å². The highest BCUT2D eigenvalue weighted by molar-refractivity contribution is 7.92. The summed E-state index contributed by atoms with van der Waals surface area (Å²) in [5.74, 6) is 0.343. The monoisotopic (exact) mass is 1160 g/mol. The molecule has 1 unspecified atom stereocenters. The van der Waals surface area contributed by atoms with E-state index in [-0.39, 0.29) is 51.7 Å². The number of imidazole rings is 1. The van der Waals surface area contributed by atoms with Crippen molar-refractivity contribution in [2.45, 2.75) is 129 Å². The summed E-state index contributed by atoms with van der Waals surface area (Å²) < 4.78 is 52.4. The van der Waals surface area contributed by atoms with Gasteiger partial charge in [-0.3, -0.25) is 33.0 Å². The van der Waals surface area contributed by atoms with E-state index in [1.54, 1.807) is 66.7 Å². The normalized spacial score (nSPS) is 14.0. The summed E-state index contributed by atoms with van der Waals surface area (Å²) in [7, 11) is 2.94. The summed E-state index contributed by atoms with van der Waals surface area (Å²) in [5, 5.41) is 8.92. The van der Waals surface area contributed by atoms with Crippen LogP contribution in [0.15, 0.2) is 94.1 Å². The number of thiazole rings is 1. The maximum Gasteiger partial charge on any atom is 0.328 e. The average Bonchev–Trinajstić information content (AvgIpc) is 4.37. The number of benzene rings is 4. The summed E-state index contributed by atoms with van der Waals surface area (Å²) in [6.07, 6.45) is 7.66. The Morgan fingerprint density at radius 3 is 2.20 bits per heavy atom. The van der Waals surface area contributed by atoms with Crippen LogP contribution < -0.4 is 40.6 Å². The molecule has 1 saturated heterocycles. The van der Waals surface area contributed by atoms with Crippen molar-refractivity contribution >= 4 is 61.7 Å². The third-order valence-corrected chi connectivity index (χ3v) is 16.7. The molecule has 0 saturated carbocycles. The standard InChI is InChI=1S/C61H81N9O10S2/c1-10-31-78-45-34-46(79-32-17-16-29-67(6)7)36-47(35-45)80-53-38-52-51(68(8)60(75)69(52)9)37-49(53)66-82(76,77)48-21-18-20-44(33-48)57(72)62-28-15-13-11-12-14-23-54(71)65-56(61(3,4)5)59(74)70-30-19-22-50(70)58(73)63-39-42-24-26-43(27-25-42)55-41(2)64-40-81-55/h18,20-21,24-27,33-38,40,50,56,66H,10-17,19,22-23,28-32,39H2,1-9H3,(H,62,72)(H,63,73)(H,65,71)/t50-,56?/m0/s1. The van der Waals surface area contributed by atoms with Crippen LogP contribution >= 0.6 is 11.3 Å². The van der Waals surface area contributed by atoms with Crippen LogP contribution in [0.2, 0.25) is 0 Å². The number of nitrogens with zero attached hydrogens (tertiary/aromatic N) is 5. The van der Waals surface area contributed by atoms with Crippen molar-refractivity contribution in [3.05, 3.63) is 112 Å². The van der Waals surface area contributed by atoms with Crippen molar-refractivity contribution in [2.75, 3.05) is 51.7 Å². The zero-order valence-corrected chi connectivity index (χ0v) is 50.5. The van der Waals surface area contributed by atoms with E-state index < -0.39 is 33.4 Å². The number of amides is 4. The molecule has 0 radical (unpaired) electrons. The van der Waals surface area contributed by atoms with Gasteiger partial charge < -0.3 is 40.0 Å². The van der Waals surface area contributed by atoms with Crippen molar-refractivity contribution in [1.82, 2.24) is 39.9 Å². The van der Waals surface area contributed by atoms with Crippen LogP contribution in [-0.4, -0.2) is 115 Å². The first-order valence-corrected chi connectivity index (χ1v) is 30.7. The van der Waals surface area contributed by atoms with Crippen LogP contribution in [-0.2, 0) is 45.0 Å². The number of aryl methyl sites for hydroxylation is 3. The number of carbonyl (C=O) groups is 4. The van der Waals surface area contributed by atoms with Gasteiger partial charge in [-0.1, -0.05) is 77.3 Å². The smallest absolute Gasteiger partial charge is 0.328 e. The Bertz CT molecular complexity index is 3350. The highest BCUT2D eigenvalue weighted by atomic mass is 32.2. The van der Waals surface area contributed by atoms with Crippen LogP contribution in [0.3, 0.4) is 0 Å². The molecule has 0 bridgehead atoms. The summed E-state index contributed by atoms with van der Waals surface area (Å²) in [6.45, 7) is 12.7. The molecule has 1 fully saturated rings. The molecule has 442 valence electrons. The molecule has 82 heavy (non-hydrogen) atoms. The van der Waals surface area contributed by atoms with Gasteiger partial charge in [-0.05, 0) is 113 Å². The lowest BCUT2D eigenvalue weighted by atomic mass is 9.85. The van der Waals surface area contributed by atoms with Gasteiger partial charge in [-0.2, -0.15) is 0 Å². The molecule has 2 atom stereocenters. The van der Waals surface area contributed by atoms with Gasteiger partial charge in [0.25, 0.3) is 15.9 Å². The number of unbranched alkanes of at least 4 members (excludes halogenated alkanes) is 5. The van der Waals surface area contributed by atoms with Crippen LogP contribution in [0.5, 0.6) is 23.0 Å². The Balaban J connectivity index is 0.880. The summed E-state index contributed by atoms with van der Waals surface area (Å²) >= 11 is 1.59. The van der Waals surface area contributed by atoms with Crippen molar-refractivity contribution in [1.29, 1.82) is 0 Å². The number of carbonyl (C=O) groups excluding carboxylic acids is 4. The number of sulfonamides is 1. The Hall–Kier alpha value is -7.23. The molecule has 0 aliphatic carbocycles. The van der Waals surface area contributed by atoms with Crippen molar-refractivity contribution in [3.8, 4) is 33.4 Å². The van der Waals surface area contributed by atoms with Crippen molar-refractivity contribution in [2.24, 2.45) is 19.5 Å². The summed E-state index contributed by atoms with van der Waals surface area (Å²) in [5.41, 5.74) is 5.10.